The monoisotopic (exact) mass is 232 g/mol. The van der Waals surface area contributed by atoms with Crippen molar-refractivity contribution < 1.29 is 14.5 Å². The molecule has 0 heterocycles. The quantitative estimate of drug-likeness (QED) is 0.259. The third-order valence-corrected chi connectivity index (χ3v) is 1.82. The van der Waals surface area contributed by atoms with E-state index in [0.717, 1.165) is 12.2 Å². The average Bonchev–Trinajstić information content (AvgIpc) is 2.34. The van der Waals surface area contributed by atoms with Crippen molar-refractivity contribution in [1.29, 1.82) is 5.26 Å². The minimum Gasteiger partial charge on any atom is -0.458 e. The third kappa shape index (κ3) is 4.13. The number of esters is 1. The van der Waals surface area contributed by atoms with Crippen molar-refractivity contribution in [2.75, 3.05) is 0 Å². The highest BCUT2D eigenvalue weighted by molar-refractivity contribution is 5.82. The Morgan fingerprint density at radius 2 is 2.12 bits per heavy atom. The summed E-state index contributed by atoms with van der Waals surface area (Å²) in [5.74, 6) is -0.634. The molecule has 0 atom stereocenters. The van der Waals surface area contributed by atoms with E-state index in [9.17, 15) is 14.9 Å². The summed E-state index contributed by atoms with van der Waals surface area (Å²) < 4.78 is 4.78. The molecule has 86 valence electrons. The molecule has 0 aliphatic carbocycles. The number of hydrogen-bond acceptors (Lipinski definition) is 5. The number of nitro groups is 1. The first-order chi connectivity index (χ1) is 8.13. The molecule has 0 fully saturated rings. The van der Waals surface area contributed by atoms with Gasteiger partial charge in [0.25, 0.3) is 5.69 Å². The lowest BCUT2D eigenvalue weighted by molar-refractivity contribution is -0.384. The molecular weight excluding hydrogens is 224 g/mol. The highest BCUT2D eigenvalue weighted by atomic mass is 16.6. The van der Waals surface area contributed by atoms with Gasteiger partial charge in [-0.25, -0.2) is 4.79 Å². The molecule has 17 heavy (non-hydrogen) atoms. The standard InChI is InChI=1S/C11H8N2O4/c12-7-1-2-11(14)17-8-9-3-5-10(6-4-9)13(15)16/h1-6H,8H2/b2-1+. The summed E-state index contributed by atoms with van der Waals surface area (Å²) in [6, 6.07) is 7.31. The molecule has 6 nitrogen and oxygen atoms in total. The molecule has 0 amide bonds. The number of nitriles is 1. The molecular formula is C11H8N2O4. The smallest absolute Gasteiger partial charge is 0.331 e. The van der Waals surface area contributed by atoms with Crippen LogP contribution in [0.2, 0.25) is 0 Å². The number of carbonyl (C=O) groups excluding carboxylic acids is 1. The average molecular weight is 232 g/mol. The van der Waals surface area contributed by atoms with Gasteiger partial charge in [-0.15, -0.1) is 0 Å². The second-order valence-electron chi connectivity index (χ2n) is 2.99. The van der Waals surface area contributed by atoms with E-state index >= 15 is 0 Å². The minimum atomic E-state index is -0.634. The first kappa shape index (κ1) is 12.4. The normalized spacial score (nSPS) is 9.82. The summed E-state index contributed by atoms with van der Waals surface area (Å²) in [6.07, 6.45) is 2.02. The molecule has 1 aromatic rings. The van der Waals surface area contributed by atoms with E-state index in [1.165, 1.54) is 24.3 Å². The Bertz CT molecular complexity index is 485. The first-order valence-corrected chi connectivity index (χ1v) is 4.59. The first-order valence-electron chi connectivity index (χ1n) is 4.59. The van der Waals surface area contributed by atoms with Gasteiger partial charge in [0.05, 0.1) is 11.0 Å². The largest absolute Gasteiger partial charge is 0.458 e. The predicted molar refractivity (Wildman–Crippen MR) is 57.6 cm³/mol. The van der Waals surface area contributed by atoms with Crippen molar-refractivity contribution in [3.8, 4) is 6.07 Å². The summed E-state index contributed by atoms with van der Waals surface area (Å²) in [7, 11) is 0. The Kier molecular flexibility index (Phi) is 4.39. The summed E-state index contributed by atoms with van der Waals surface area (Å²) in [4.78, 5) is 20.9. The predicted octanol–water partition coefficient (Wildman–Crippen LogP) is 1.72. The summed E-state index contributed by atoms with van der Waals surface area (Å²) in [6.45, 7) is 0.00654. The zero-order chi connectivity index (χ0) is 12.7. The van der Waals surface area contributed by atoms with Gasteiger partial charge in [-0.3, -0.25) is 10.1 Å². The fraction of sp³-hybridized carbons (Fsp3) is 0.0909. The zero-order valence-corrected chi connectivity index (χ0v) is 8.70. The van der Waals surface area contributed by atoms with E-state index in [2.05, 4.69) is 0 Å². The van der Waals surface area contributed by atoms with Gasteiger partial charge in [0, 0.05) is 24.3 Å². The van der Waals surface area contributed by atoms with Gasteiger partial charge >= 0.3 is 5.97 Å². The molecule has 6 heteroatoms. The van der Waals surface area contributed by atoms with Crippen LogP contribution < -0.4 is 0 Å². The Balaban J connectivity index is 2.53. The molecule has 1 aromatic carbocycles. The lowest BCUT2D eigenvalue weighted by atomic mass is 10.2. The molecule has 0 bridgehead atoms. The molecule has 0 saturated carbocycles. The Labute approximate surface area is 96.9 Å². The maximum Gasteiger partial charge on any atom is 0.331 e. The van der Waals surface area contributed by atoms with Crippen molar-refractivity contribution in [1.82, 2.24) is 0 Å². The van der Waals surface area contributed by atoms with Gasteiger partial charge in [0.2, 0.25) is 0 Å². The number of allylic oxidation sites excluding steroid dienone is 1. The summed E-state index contributed by atoms with van der Waals surface area (Å²) in [5.41, 5.74) is 0.610. The van der Waals surface area contributed by atoms with Gasteiger partial charge in [-0.05, 0) is 17.7 Å². The highest BCUT2D eigenvalue weighted by Gasteiger charge is 2.04. The number of nitrogens with zero attached hydrogens (tertiary/aromatic N) is 2. The van der Waals surface area contributed by atoms with Crippen LogP contribution in [0.3, 0.4) is 0 Å². The molecule has 0 aromatic heterocycles. The van der Waals surface area contributed by atoms with Crippen LogP contribution >= 0.6 is 0 Å². The van der Waals surface area contributed by atoms with E-state index in [4.69, 9.17) is 10.00 Å². The molecule has 1 rings (SSSR count). The topological polar surface area (TPSA) is 93.2 Å². The number of hydrogen-bond donors (Lipinski definition) is 0. The Morgan fingerprint density at radius 1 is 1.47 bits per heavy atom. The SMILES string of the molecule is N#C/C=C/C(=O)OCc1ccc([N+](=O)[O-])cc1. The number of non-ortho nitro benzene ring substituents is 1. The van der Waals surface area contributed by atoms with Crippen LogP contribution in [-0.2, 0) is 16.1 Å². The van der Waals surface area contributed by atoms with Crippen molar-refractivity contribution in [3.05, 3.63) is 52.1 Å². The van der Waals surface area contributed by atoms with Gasteiger partial charge in [-0.2, -0.15) is 5.26 Å². The Hall–Kier alpha value is -2.68. The maximum absolute atomic E-state index is 11.0. The molecule has 0 radical (unpaired) electrons. The minimum absolute atomic E-state index is 0.00654. The van der Waals surface area contributed by atoms with Crippen LogP contribution in [-0.4, -0.2) is 10.9 Å². The van der Waals surface area contributed by atoms with Crippen LogP contribution in [0.15, 0.2) is 36.4 Å². The second kappa shape index (κ2) is 6.02. The van der Waals surface area contributed by atoms with Crippen LogP contribution in [0, 0.1) is 21.4 Å². The number of carbonyl (C=O) groups is 1. The molecule has 0 saturated heterocycles. The molecule has 0 spiro atoms. The zero-order valence-electron chi connectivity index (χ0n) is 8.70. The van der Waals surface area contributed by atoms with Crippen LogP contribution in [0.5, 0.6) is 0 Å². The van der Waals surface area contributed by atoms with Crippen LogP contribution in [0.4, 0.5) is 5.69 Å². The van der Waals surface area contributed by atoms with Crippen molar-refractivity contribution in [2.45, 2.75) is 6.61 Å². The fourth-order valence-corrected chi connectivity index (χ4v) is 1.02. The van der Waals surface area contributed by atoms with E-state index < -0.39 is 10.9 Å². The van der Waals surface area contributed by atoms with Crippen molar-refractivity contribution in [3.63, 3.8) is 0 Å². The number of ether oxygens (including phenoxy) is 1. The fourth-order valence-electron chi connectivity index (χ4n) is 1.02. The number of rotatable bonds is 4. The number of benzene rings is 1. The van der Waals surface area contributed by atoms with Gasteiger partial charge in [-0.1, -0.05) is 0 Å². The van der Waals surface area contributed by atoms with E-state index in [-0.39, 0.29) is 12.3 Å². The Morgan fingerprint density at radius 3 is 2.65 bits per heavy atom. The van der Waals surface area contributed by atoms with E-state index in [0.29, 0.717) is 5.56 Å². The molecule has 0 aliphatic rings. The second-order valence-corrected chi connectivity index (χ2v) is 2.99. The maximum atomic E-state index is 11.0. The van der Waals surface area contributed by atoms with Gasteiger partial charge < -0.3 is 4.74 Å². The van der Waals surface area contributed by atoms with Crippen LogP contribution in [0.1, 0.15) is 5.56 Å². The van der Waals surface area contributed by atoms with Crippen LogP contribution in [0.25, 0.3) is 0 Å². The van der Waals surface area contributed by atoms with Gasteiger partial charge in [0.1, 0.15) is 6.61 Å². The van der Waals surface area contributed by atoms with Crippen molar-refractivity contribution >= 4 is 11.7 Å². The lowest BCUT2D eigenvalue weighted by Gasteiger charge is -2.01. The molecule has 0 aliphatic heterocycles. The van der Waals surface area contributed by atoms with Crippen molar-refractivity contribution in [2.24, 2.45) is 0 Å². The van der Waals surface area contributed by atoms with E-state index in [1.54, 1.807) is 6.07 Å². The van der Waals surface area contributed by atoms with E-state index in [1.807, 2.05) is 0 Å². The highest BCUT2D eigenvalue weighted by Crippen LogP contribution is 2.12. The number of nitro benzene ring substituents is 1. The lowest BCUT2D eigenvalue weighted by Crippen LogP contribution is -2.00. The summed E-state index contributed by atoms with van der Waals surface area (Å²) in [5, 5.41) is 18.6. The molecule has 0 unspecified atom stereocenters. The molecule has 0 N–H and O–H groups in total. The summed E-state index contributed by atoms with van der Waals surface area (Å²) >= 11 is 0. The van der Waals surface area contributed by atoms with Gasteiger partial charge in [0.15, 0.2) is 0 Å². The third-order valence-electron chi connectivity index (χ3n) is 1.82.